The normalized spacial score (nSPS) is 11.3. The Labute approximate surface area is 182 Å². The Bertz CT molecular complexity index is 1270. The highest BCUT2D eigenvalue weighted by atomic mass is 35.5. The number of aromatic nitrogens is 4. The van der Waals surface area contributed by atoms with Gasteiger partial charge in [-0.1, -0.05) is 53.7 Å². The molecule has 5 nitrogen and oxygen atoms in total. The maximum Gasteiger partial charge on any atom is 0.280 e. The first-order chi connectivity index (χ1) is 14.5. The van der Waals surface area contributed by atoms with Gasteiger partial charge < -0.3 is 0 Å². The number of hydrogen-bond donors (Lipinski definition) is 0. The molecule has 0 bridgehead atoms. The van der Waals surface area contributed by atoms with Crippen molar-refractivity contribution >= 4 is 34.4 Å². The zero-order chi connectivity index (χ0) is 21.3. The van der Waals surface area contributed by atoms with Crippen molar-refractivity contribution in [2.24, 2.45) is 0 Å². The highest BCUT2D eigenvalue weighted by Gasteiger charge is 2.19. The average Bonchev–Trinajstić information content (AvgIpc) is 3.07. The van der Waals surface area contributed by atoms with Crippen molar-refractivity contribution in [2.75, 3.05) is 0 Å². The van der Waals surface area contributed by atoms with Gasteiger partial charge in [-0.3, -0.25) is 14.0 Å². The number of rotatable bonds is 6. The number of nitrogens with zero attached hydrogens (tertiary/aromatic N) is 4. The van der Waals surface area contributed by atoms with Crippen molar-refractivity contribution in [2.45, 2.75) is 37.8 Å². The number of aryl methyl sites for hydroxylation is 2. The second-order valence-electron chi connectivity index (χ2n) is 6.89. The van der Waals surface area contributed by atoms with Crippen LogP contribution in [0.2, 0.25) is 5.02 Å². The zero-order valence-corrected chi connectivity index (χ0v) is 18.2. The van der Waals surface area contributed by atoms with Crippen molar-refractivity contribution in [1.29, 1.82) is 0 Å². The van der Waals surface area contributed by atoms with Gasteiger partial charge >= 0.3 is 0 Å². The van der Waals surface area contributed by atoms with Gasteiger partial charge in [0.05, 0.1) is 12.2 Å². The van der Waals surface area contributed by atoms with E-state index in [4.69, 9.17) is 16.6 Å². The van der Waals surface area contributed by atoms with E-state index in [1.807, 2.05) is 32.0 Å². The fourth-order valence-electron chi connectivity index (χ4n) is 3.29. The van der Waals surface area contributed by atoms with E-state index in [0.717, 1.165) is 16.8 Å². The number of halogens is 2. The van der Waals surface area contributed by atoms with Crippen molar-refractivity contribution in [1.82, 2.24) is 19.3 Å². The van der Waals surface area contributed by atoms with Crippen molar-refractivity contribution in [3.8, 4) is 0 Å². The topological polar surface area (TPSA) is 52.7 Å². The summed E-state index contributed by atoms with van der Waals surface area (Å²) in [5.74, 6) is 0.281. The maximum atomic E-state index is 13.5. The zero-order valence-electron chi connectivity index (χ0n) is 16.6. The molecule has 2 aromatic carbocycles. The highest BCUT2D eigenvalue weighted by Crippen LogP contribution is 2.25. The van der Waals surface area contributed by atoms with Crippen LogP contribution in [0.25, 0.3) is 11.0 Å². The molecule has 0 saturated heterocycles. The summed E-state index contributed by atoms with van der Waals surface area (Å²) in [7, 11) is 0. The van der Waals surface area contributed by atoms with E-state index in [-0.39, 0.29) is 11.4 Å². The fourth-order valence-corrected chi connectivity index (χ4v) is 4.44. The molecule has 154 valence electrons. The fraction of sp³-hybridized carbons (Fsp3) is 0.227. The minimum absolute atomic E-state index is 0.149. The molecule has 2 aromatic heterocycles. The van der Waals surface area contributed by atoms with Gasteiger partial charge in [-0.2, -0.15) is 5.10 Å². The van der Waals surface area contributed by atoms with Crippen LogP contribution >= 0.6 is 23.4 Å². The first kappa shape index (κ1) is 20.6. The van der Waals surface area contributed by atoms with E-state index in [9.17, 15) is 9.18 Å². The minimum Gasteiger partial charge on any atom is -0.281 e. The average molecular weight is 443 g/mol. The van der Waals surface area contributed by atoms with Gasteiger partial charge in [0, 0.05) is 17.3 Å². The molecule has 0 unspecified atom stereocenters. The van der Waals surface area contributed by atoms with Gasteiger partial charge in [0.25, 0.3) is 5.56 Å². The lowest BCUT2D eigenvalue weighted by atomic mass is 10.2. The molecule has 0 atom stereocenters. The lowest BCUT2D eigenvalue weighted by Crippen LogP contribution is -2.25. The van der Waals surface area contributed by atoms with E-state index < -0.39 is 0 Å². The van der Waals surface area contributed by atoms with Crippen LogP contribution in [-0.2, 0) is 18.8 Å². The molecular weight excluding hydrogens is 423 g/mol. The van der Waals surface area contributed by atoms with Crippen LogP contribution in [0.1, 0.15) is 23.7 Å². The van der Waals surface area contributed by atoms with Gasteiger partial charge in [0.2, 0.25) is 0 Å². The van der Waals surface area contributed by atoms with Crippen molar-refractivity contribution in [3.05, 3.63) is 86.5 Å². The summed E-state index contributed by atoms with van der Waals surface area (Å²) in [6, 6.07) is 13.8. The second-order valence-corrected chi connectivity index (χ2v) is 8.24. The van der Waals surface area contributed by atoms with E-state index in [1.54, 1.807) is 27.4 Å². The summed E-state index contributed by atoms with van der Waals surface area (Å²) in [5.41, 5.74) is 3.46. The molecule has 2 heterocycles. The molecule has 0 amide bonds. The molecule has 30 heavy (non-hydrogen) atoms. The second kappa shape index (κ2) is 8.62. The van der Waals surface area contributed by atoms with Crippen LogP contribution in [-0.4, -0.2) is 19.3 Å². The number of benzene rings is 2. The number of fused-ring (bicyclic) bond motifs is 1. The predicted molar refractivity (Wildman–Crippen MR) is 119 cm³/mol. The SMILES string of the molecule is CCn1nc(C)c2nc(SCc3ccc(F)cc3)n(Cc3ccccc3Cl)c(=O)c21. The Balaban J connectivity index is 1.81. The number of thioether (sulfide) groups is 1. The molecule has 0 spiro atoms. The standard InChI is InChI=1S/C22H20ClFN4OS/c1-3-28-20-19(14(2)26-28)25-22(30-13-15-8-10-17(24)11-9-15)27(21(20)29)12-16-6-4-5-7-18(16)23/h4-11H,3,12-13H2,1-2H3. The summed E-state index contributed by atoms with van der Waals surface area (Å²) in [4.78, 5) is 18.3. The molecule has 4 rings (SSSR count). The Morgan fingerprint density at radius 2 is 1.87 bits per heavy atom. The van der Waals surface area contributed by atoms with E-state index in [2.05, 4.69) is 5.10 Å². The molecule has 0 saturated carbocycles. The predicted octanol–water partition coefficient (Wildman–Crippen LogP) is 5.05. The van der Waals surface area contributed by atoms with Gasteiger partial charge in [0.15, 0.2) is 10.7 Å². The molecule has 0 fully saturated rings. The Hall–Kier alpha value is -2.64. The Morgan fingerprint density at radius 1 is 1.13 bits per heavy atom. The van der Waals surface area contributed by atoms with Gasteiger partial charge in [-0.15, -0.1) is 0 Å². The highest BCUT2D eigenvalue weighted by molar-refractivity contribution is 7.98. The first-order valence-corrected chi connectivity index (χ1v) is 10.9. The molecular formula is C22H20ClFN4OS. The molecule has 0 radical (unpaired) electrons. The largest absolute Gasteiger partial charge is 0.281 e. The summed E-state index contributed by atoms with van der Waals surface area (Å²) in [6.45, 7) is 4.69. The number of hydrogen-bond acceptors (Lipinski definition) is 4. The smallest absolute Gasteiger partial charge is 0.280 e. The first-order valence-electron chi connectivity index (χ1n) is 9.56. The summed E-state index contributed by atoms with van der Waals surface area (Å²) < 4.78 is 16.6. The van der Waals surface area contributed by atoms with E-state index in [1.165, 1.54) is 23.9 Å². The van der Waals surface area contributed by atoms with Crippen LogP contribution in [0.5, 0.6) is 0 Å². The molecule has 0 aliphatic carbocycles. The monoisotopic (exact) mass is 442 g/mol. The lowest BCUT2D eigenvalue weighted by Gasteiger charge is -2.13. The third-order valence-electron chi connectivity index (χ3n) is 4.85. The maximum absolute atomic E-state index is 13.5. The van der Waals surface area contributed by atoms with Crippen LogP contribution in [0.15, 0.2) is 58.5 Å². The van der Waals surface area contributed by atoms with Gasteiger partial charge in [-0.25, -0.2) is 9.37 Å². The summed E-state index contributed by atoms with van der Waals surface area (Å²) >= 11 is 7.79. The van der Waals surface area contributed by atoms with Crippen molar-refractivity contribution < 1.29 is 4.39 Å². The van der Waals surface area contributed by atoms with Gasteiger partial charge in [0.1, 0.15) is 11.3 Å². The minimum atomic E-state index is -0.276. The Kier molecular flexibility index (Phi) is 5.92. The summed E-state index contributed by atoms with van der Waals surface area (Å²) in [6.07, 6.45) is 0. The molecule has 0 N–H and O–H groups in total. The third kappa shape index (κ3) is 4.00. The molecule has 0 aliphatic heterocycles. The molecule has 0 aliphatic rings. The lowest BCUT2D eigenvalue weighted by molar-refractivity contribution is 0.627. The quantitative estimate of drug-likeness (QED) is 0.309. The molecule has 8 heteroatoms. The van der Waals surface area contributed by atoms with Crippen LogP contribution < -0.4 is 5.56 Å². The van der Waals surface area contributed by atoms with E-state index in [0.29, 0.717) is 40.1 Å². The van der Waals surface area contributed by atoms with Gasteiger partial charge in [-0.05, 0) is 43.2 Å². The molecule has 4 aromatic rings. The van der Waals surface area contributed by atoms with Crippen LogP contribution in [0.4, 0.5) is 4.39 Å². The third-order valence-corrected chi connectivity index (χ3v) is 6.27. The van der Waals surface area contributed by atoms with E-state index >= 15 is 0 Å². The van der Waals surface area contributed by atoms with Crippen LogP contribution in [0.3, 0.4) is 0 Å². The van der Waals surface area contributed by atoms with Crippen molar-refractivity contribution in [3.63, 3.8) is 0 Å². The summed E-state index contributed by atoms with van der Waals surface area (Å²) in [5, 5.41) is 5.64. The van der Waals surface area contributed by atoms with Crippen LogP contribution in [0, 0.1) is 12.7 Å². The Morgan fingerprint density at radius 3 is 2.57 bits per heavy atom.